The molecule has 0 aliphatic heterocycles. The Kier molecular flexibility index (Phi) is 5.61. The second-order valence-corrected chi connectivity index (χ2v) is 5.98. The van der Waals surface area contributed by atoms with Gasteiger partial charge in [-0.1, -0.05) is 24.3 Å². The summed E-state index contributed by atoms with van der Waals surface area (Å²) in [6, 6.07) is 13.9. The van der Waals surface area contributed by atoms with Gasteiger partial charge >= 0.3 is 5.97 Å². The van der Waals surface area contributed by atoms with Gasteiger partial charge in [-0.25, -0.2) is 9.78 Å². The number of aromatic nitrogens is 2. The fourth-order valence-corrected chi connectivity index (χ4v) is 2.65. The van der Waals surface area contributed by atoms with E-state index in [1.165, 1.54) is 18.0 Å². The third-order valence-corrected chi connectivity index (χ3v) is 4.18. The molecule has 2 aromatic carbocycles. The van der Waals surface area contributed by atoms with E-state index in [9.17, 15) is 14.4 Å². The first kappa shape index (κ1) is 18.3. The van der Waals surface area contributed by atoms with Crippen LogP contribution in [0.1, 0.15) is 22.3 Å². The predicted molar refractivity (Wildman–Crippen MR) is 100 cm³/mol. The van der Waals surface area contributed by atoms with Crippen molar-refractivity contribution in [3.63, 3.8) is 0 Å². The van der Waals surface area contributed by atoms with Crippen molar-refractivity contribution >= 4 is 22.8 Å². The number of esters is 1. The van der Waals surface area contributed by atoms with Crippen LogP contribution in [0.4, 0.5) is 0 Å². The quantitative estimate of drug-likeness (QED) is 0.674. The molecule has 1 heterocycles. The molecule has 7 nitrogen and oxygen atoms in total. The number of amides is 1. The molecule has 0 saturated carbocycles. The average molecular weight is 365 g/mol. The number of carbonyl (C=O) groups is 2. The van der Waals surface area contributed by atoms with Gasteiger partial charge in [-0.15, -0.1) is 0 Å². The zero-order chi connectivity index (χ0) is 19.2. The Morgan fingerprint density at radius 2 is 1.85 bits per heavy atom. The minimum Gasteiger partial charge on any atom is -0.465 e. The molecule has 0 aliphatic rings. The third kappa shape index (κ3) is 4.38. The molecule has 3 rings (SSSR count). The number of nitrogens with zero attached hydrogens (tertiary/aromatic N) is 2. The van der Waals surface area contributed by atoms with Crippen LogP contribution >= 0.6 is 0 Å². The summed E-state index contributed by atoms with van der Waals surface area (Å²) < 4.78 is 6.08. The molecular weight excluding hydrogens is 346 g/mol. The van der Waals surface area contributed by atoms with Crippen molar-refractivity contribution in [3.8, 4) is 0 Å². The highest BCUT2D eigenvalue weighted by atomic mass is 16.5. The summed E-state index contributed by atoms with van der Waals surface area (Å²) in [7, 11) is 1.33. The highest BCUT2D eigenvalue weighted by Crippen LogP contribution is 2.06. The molecule has 0 radical (unpaired) electrons. The fraction of sp³-hybridized carbons (Fsp3) is 0.200. The number of ether oxygens (including phenoxy) is 1. The van der Waals surface area contributed by atoms with E-state index in [1.807, 2.05) is 6.07 Å². The summed E-state index contributed by atoms with van der Waals surface area (Å²) in [5.74, 6) is -0.577. The smallest absolute Gasteiger partial charge is 0.337 e. The summed E-state index contributed by atoms with van der Waals surface area (Å²) in [5.41, 5.74) is 1.79. The van der Waals surface area contributed by atoms with Gasteiger partial charge in [0.15, 0.2) is 0 Å². The lowest BCUT2D eigenvalue weighted by atomic mass is 10.1. The highest BCUT2D eigenvalue weighted by molar-refractivity contribution is 5.89. The third-order valence-electron chi connectivity index (χ3n) is 4.18. The summed E-state index contributed by atoms with van der Waals surface area (Å²) in [5, 5.41) is 3.33. The minimum atomic E-state index is -0.403. The molecule has 3 aromatic rings. The molecule has 0 aliphatic carbocycles. The van der Waals surface area contributed by atoms with Gasteiger partial charge in [-0.3, -0.25) is 14.2 Å². The maximum Gasteiger partial charge on any atom is 0.337 e. The lowest BCUT2D eigenvalue weighted by Crippen LogP contribution is -2.27. The van der Waals surface area contributed by atoms with Gasteiger partial charge in [-0.05, 0) is 29.8 Å². The van der Waals surface area contributed by atoms with E-state index in [0.717, 1.165) is 5.56 Å². The fourth-order valence-electron chi connectivity index (χ4n) is 2.65. The Bertz CT molecular complexity index is 1030. The topological polar surface area (TPSA) is 90.3 Å². The van der Waals surface area contributed by atoms with Crippen LogP contribution in [0.3, 0.4) is 0 Å². The zero-order valence-corrected chi connectivity index (χ0v) is 14.8. The van der Waals surface area contributed by atoms with Gasteiger partial charge < -0.3 is 10.1 Å². The van der Waals surface area contributed by atoms with Crippen LogP contribution in [-0.2, 0) is 22.6 Å². The molecular formula is C20H19N3O4. The Balaban J connectivity index is 1.55. The summed E-state index contributed by atoms with van der Waals surface area (Å²) in [6.07, 6.45) is 1.63. The molecule has 1 aromatic heterocycles. The van der Waals surface area contributed by atoms with Gasteiger partial charge in [0.2, 0.25) is 5.91 Å². The summed E-state index contributed by atoms with van der Waals surface area (Å²) >= 11 is 0. The summed E-state index contributed by atoms with van der Waals surface area (Å²) in [4.78, 5) is 40.1. The van der Waals surface area contributed by atoms with Crippen molar-refractivity contribution < 1.29 is 14.3 Å². The first-order valence-electron chi connectivity index (χ1n) is 8.46. The Morgan fingerprint density at radius 3 is 2.59 bits per heavy atom. The van der Waals surface area contributed by atoms with Crippen molar-refractivity contribution in [2.45, 2.75) is 19.5 Å². The summed E-state index contributed by atoms with van der Waals surface area (Å²) in [6.45, 7) is 0.592. The SMILES string of the molecule is COC(=O)c1ccc(CNC(=O)CCn2cnc3ccccc3c2=O)cc1. The van der Waals surface area contributed by atoms with Crippen LogP contribution < -0.4 is 10.9 Å². The number of para-hydroxylation sites is 1. The van der Waals surface area contributed by atoms with Crippen LogP contribution in [0, 0.1) is 0 Å². The van der Waals surface area contributed by atoms with Crippen molar-refractivity contribution in [1.82, 2.24) is 14.9 Å². The average Bonchev–Trinajstić information content (AvgIpc) is 2.71. The predicted octanol–water partition coefficient (Wildman–Crippen LogP) is 1.89. The first-order valence-corrected chi connectivity index (χ1v) is 8.46. The molecule has 0 atom stereocenters. The Labute approximate surface area is 155 Å². The van der Waals surface area contributed by atoms with E-state index in [0.29, 0.717) is 23.0 Å². The molecule has 0 fully saturated rings. The number of carbonyl (C=O) groups excluding carboxylic acids is 2. The minimum absolute atomic E-state index is 0.160. The van der Waals surface area contributed by atoms with E-state index in [4.69, 9.17) is 0 Å². The van der Waals surface area contributed by atoms with Gasteiger partial charge in [0, 0.05) is 19.5 Å². The van der Waals surface area contributed by atoms with Crippen molar-refractivity contribution in [2.24, 2.45) is 0 Å². The zero-order valence-electron chi connectivity index (χ0n) is 14.8. The van der Waals surface area contributed by atoms with Crippen LogP contribution in [0.25, 0.3) is 10.9 Å². The molecule has 1 N–H and O–H groups in total. The first-order chi connectivity index (χ1) is 13.1. The van der Waals surface area contributed by atoms with Crippen LogP contribution in [-0.4, -0.2) is 28.5 Å². The molecule has 7 heteroatoms. The van der Waals surface area contributed by atoms with Crippen molar-refractivity contribution in [2.75, 3.05) is 7.11 Å². The molecule has 0 unspecified atom stereocenters. The van der Waals surface area contributed by atoms with Crippen LogP contribution in [0.15, 0.2) is 59.7 Å². The number of benzene rings is 2. The Morgan fingerprint density at radius 1 is 1.11 bits per heavy atom. The second-order valence-electron chi connectivity index (χ2n) is 5.98. The molecule has 1 amide bonds. The number of rotatable bonds is 6. The van der Waals surface area contributed by atoms with E-state index in [-0.39, 0.29) is 24.4 Å². The van der Waals surface area contributed by atoms with E-state index in [2.05, 4.69) is 15.0 Å². The van der Waals surface area contributed by atoms with E-state index < -0.39 is 5.97 Å². The van der Waals surface area contributed by atoms with Crippen molar-refractivity contribution in [1.29, 1.82) is 0 Å². The van der Waals surface area contributed by atoms with Gasteiger partial charge in [0.05, 0.1) is 29.9 Å². The lowest BCUT2D eigenvalue weighted by molar-refractivity contribution is -0.121. The number of hydrogen-bond acceptors (Lipinski definition) is 5. The number of methoxy groups -OCH3 is 1. The van der Waals surface area contributed by atoms with E-state index in [1.54, 1.807) is 42.5 Å². The lowest BCUT2D eigenvalue weighted by Gasteiger charge is -2.08. The van der Waals surface area contributed by atoms with Gasteiger partial charge in [0.25, 0.3) is 5.56 Å². The normalized spacial score (nSPS) is 10.6. The highest BCUT2D eigenvalue weighted by Gasteiger charge is 2.07. The molecule has 0 spiro atoms. The number of hydrogen-bond donors (Lipinski definition) is 1. The molecule has 27 heavy (non-hydrogen) atoms. The number of nitrogens with one attached hydrogen (secondary N) is 1. The van der Waals surface area contributed by atoms with Gasteiger partial charge in [-0.2, -0.15) is 0 Å². The molecule has 138 valence electrons. The monoisotopic (exact) mass is 365 g/mol. The van der Waals surface area contributed by atoms with Gasteiger partial charge in [0.1, 0.15) is 0 Å². The largest absolute Gasteiger partial charge is 0.465 e. The second kappa shape index (κ2) is 8.27. The van der Waals surface area contributed by atoms with Crippen LogP contribution in [0.5, 0.6) is 0 Å². The molecule has 0 bridgehead atoms. The van der Waals surface area contributed by atoms with Crippen molar-refractivity contribution in [3.05, 3.63) is 76.3 Å². The van der Waals surface area contributed by atoms with Crippen LogP contribution in [0.2, 0.25) is 0 Å². The number of aryl methyl sites for hydroxylation is 1. The van der Waals surface area contributed by atoms with E-state index >= 15 is 0 Å². The maximum absolute atomic E-state index is 12.4. The maximum atomic E-state index is 12.4. The number of fused-ring (bicyclic) bond motifs is 1. The molecule has 0 saturated heterocycles. The standard InChI is InChI=1S/C20H19N3O4/c1-27-20(26)15-8-6-14(7-9-15)12-21-18(24)10-11-23-13-22-17-5-3-2-4-16(17)19(23)25/h2-9,13H,10-12H2,1H3,(H,21,24). The Hall–Kier alpha value is -3.48.